The summed E-state index contributed by atoms with van der Waals surface area (Å²) in [7, 11) is 0. The Hall–Kier alpha value is -2.43. The number of aryl methyl sites for hydroxylation is 1. The molecule has 0 saturated carbocycles. The molecule has 0 atom stereocenters. The van der Waals surface area contributed by atoms with Gasteiger partial charge in [0.25, 0.3) is 0 Å². The first-order valence-electron chi connectivity index (χ1n) is 6.04. The molecular weight excluding hydrogens is 244 g/mol. The van der Waals surface area contributed by atoms with E-state index in [1.165, 1.54) is 13.1 Å². The van der Waals surface area contributed by atoms with E-state index in [1.54, 1.807) is 0 Å². The zero-order valence-corrected chi connectivity index (χ0v) is 10.4. The Morgan fingerprint density at radius 2 is 2.21 bits per heavy atom. The van der Waals surface area contributed by atoms with E-state index < -0.39 is 0 Å². The van der Waals surface area contributed by atoms with Crippen molar-refractivity contribution in [3.8, 4) is 11.3 Å². The summed E-state index contributed by atoms with van der Waals surface area (Å²) >= 11 is 0. The Kier molecular flexibility index (Phi) is 2.67. The fourth-order valence-corrected chi connectivity index (χ4v) is 2.22. The predicted molar refractivity (Wildman–Crippen MR) is 68.9 cm³/mol. The monoisotopic (exact) mass is 256 g/mol. The molecular formula is C14H12N2O3. The van der Waals surface area contributed by atoms with E-state index in [2.05, 4.69) is 10.5 Å². The van der Waals surface area contributed by atoms with Gasteiger partial charge in [0.2, 0.25) is 5.91 Å². The highest BCUT2D eigenvalue weighted by molar-refractivity contribution is 5.99. The van der Waals surface area contributed by atoms with Gasteiger partial charge in [-0.3, -0.25) is 9.59 Å². The SMILES string of the molecule is CC(=O)c1cnoc1-c1ccc2c(c1)CCC(=O)N2. The highest BCUT2D eigenvalue weighted by atomic mass is 16.5. The average molecular weight is 256 g/mol. The maximum atomic E-state index is 11.5. The lowest BCUT2D eigenvalue weighted by molar-refractivity contribution is -0.116. The molecule has 1 N–H and O–H groups in total. The van der Waals surface area contributed by atoms with Gasteiger partial charge >= 0.3 is 0 Å². The van der Waals surface area contributed by atoms with Gasteiger partial charge in [-0.2, -0.15) is 0 Å². The Balaban J connectivity index is 2.05. The molecule has 0 aliphatic carbocycles. The van der Waals surface area contributed by atoms with Crippen LogP contribution in [0.15, 0.2) is 28.9 Å². The minimum atomic E-state index is -0.0812. The van der Waals surface area contributed by atoms with Crippen LogP contribution >= 0.6 is 0 Å². The van der Waals surface area contributed by atoms with Crippen molar-refractivity contribution in [1.82, 2.24) is 5.16 Å². The number of carbonyl (C=O) groups excluding carboxylic acids is 2. The van der Waals surface area contributed by atoms with Crippen molar-refractivity contribution in [3.63, 3.8) is 0 Å². The number of anilines is 1. The van der Waals surface area contributed by atoms with Crippen molar-refractivity contribution in [3.05, 3.63) is 35.5 Å². The van der Waals surface area contributed by atoms with Gasteiger partial charge in [0.15, 0.2) is 11.5 Å². The van der Waals surface area contributed by atoms with Crippen LogP contribution in [0.2, 0.25) is 0 Å². The van der Waals surface area contributed by atoms with Crippen LogP contribution < -0.4 is 5.32 Å². The van der Waals surface area contributed by atoms with E-state index in [1.807, 2.05) is 18.2 Å². The molecule has 96 valence electrons. The highest BCUT2D eigenvalue weighted by Crippen LogP contribution is 2.30. The minimum absolute atomic E-state index is 0.0318. The molecule has 1 aromatic heterocycles. The number of rotatable bonds is 2. The zero-order valence-electron chi connectivity index (χ0n) is 10.4. The van der Waals surface area contributed by atoms with Crippen molar-refractivity contribution in [1.29, 1.82) is 0 Å². The second-order valence-corrected chi connectivity index (χ2v) is 4.54. The van der Waals surface area contributed by atoms with Crippen LogP contribution in [0, 0.1) is 0 Å². The summed E-state index contributed by atoms with van der Waals surface area (Å²) in [4.78, 5) is 22.8. The summed E-state index contributed by atoms with van der Waals surface area (Å²) in [5, 5.41) is 6.50. The van der Waals surface area contributed by atoms with Gasteiger partial charge in [-0.25, -0.2) is 0 Å². The summed E-state index contributed by atoms with van der Waals surface area (Å²) in [6.07, 6.45) is 2.60. The number of ketones is 1. The molecule has 0 saturated heterocycles. The summed E-state index contributed by atoms with van der Waals surface area (Å²) in [6, 6.07) is 5.58. The van der Waals surface area contributed by atoms with Crippen LogP contribution in [-0.2, 0) is 11.2 Å². The average Bonchev–Trinajstić information content (AvgIpc) is 2.87. The molecule has 5 nitrogen and oxygen atoms in total. The second kappa shape index (κ2) is 4.35. The maximum Gasteiger partial charge on any atom is 0.224 e. The third-order valence-electron chi connectivity index (χ3n) is 3.21. The number of amides is 1. The number of hydrogen-bond donors (Lipinski definition) is 1. The number of nitrogens with one attached hydrogen (secondary N) is 1. The van der Waals surface area contributed by atoms with E-state index in [9.17, 15) is 9.59 Å². The lowest BCUT2D eigenvalue weighted by Crippen LogP contribution is -2.18. The molecule has 2 heterocycles. The van der Waals surface area contributed by atoms with Gasteiger partial charge in [0.05, 0.1) is 11.8 Å². The lowest BCUT2D eigenvalue weighted by Gasteiger charge is -2.17. The molecule has 1 amide bonds. The molecule has 1 aliphatic rings. The highest BCUT2D eigenvalue weighted by Gasteiger charge is 2.19. The summed E-state index contributed by atoms with van der Waals surface area (Å²) < 4.78 is 5.17. The predicted octanol–water partition coefficient (Wildman–Crippen LogP) is 2.43. The fourth-order valence-electron chi connectivity index (χ4n) is 2.22. The summed E-state index contributed by atoms with van der Waals surface area (Å²) in [6.45, 7) is 1.48. The standard InChI is InChI=1S/C14H12N2O3/c1-8(17)11-7-15-19-14(11)10-2-4-12-9(6-10)3-5-13(18)16-12/h2,4,6-7H,3,5H2,1H3,(H,16,18). The number of hydrogen-bond acceptors (Lipinski definition) is 4. The molecule has 0 fully saturated rings. The van der Waals surface area contributed by atoms with Crippen LogP contribution in [-0.4, -0.2) is 16.8 Å². The van der Waals surface area contributed by atoms with E-state index in [0.717, 1.165) is 16.8 Å². The third kappa shape index (κ3) is 2.03. The largest absolute Gasteiger partial charge is 0.356 e. The van der Waals surface area contributed by atoms with Crippen molar-refractivity contribution in [2.75, 3.05) is 5.32 Å². The molecule has 3 rings (SSSR count). The second-order valence-electron chi connectivity index (χ2n) is 4.54. The summed E-state index contributed by atoms with van der Waals surface area (Å²) in [5.74, 6) is 0.429. The molecule has 1 aromatic carbocycles. The number of Topliss-reactive ketones (excluding diaryl/α,β-unsaturated/α-hetero) is 1. The lowest BCUT2D eigenvalue weighted by atomic mass is 9.98. The van der Waals surface area contributed by atoms with Gasteiger partial charge in [-0.15, -0.1) is 0 Å². The topological polar surface area (TPSA) is 72.2 Å². The van der Waals surface area contributed by atoms with Gasteiger partial charge in [-0.05, 0) is 37.1 Å². The molecule has 0 spiro atoms. The van der Waals surface area contributed by atoms with Crippen LogP contribution in [0.25, 0.3) is 11.3 Å². The van der Waals surface area contributed by atoms with Gasteiger partial charge in [-0.1, -0.05) is 5.16 Å². The van der Waals surface area contributed by atoms with Crippen LogP contribution in [0.5, 0.6) is 0 Å². The first-order chi connectivity index (χ1) is 9.15. The quantitative estimate of drug-likeness (QED) is 0.837. The Morgan fingerprint density at radius 1 is 1.37 bits per heavy atom. The molecule has 0 bridgehead atoms. The molecule has 2 aromatic rings. The first-order valence-corrected chi connectivity index (χ1v) is 6.04. The summed E-state index contributed by atoms with van der Waals surface area (Å²) in [5.41, 5.74) is 3.14. The van der Waals surface area contributed by atoms with Crippen molar-refractivity contribution < 1.29 is 14.1 Å². The zero-order chi connectivity index (χ0) is 13.4. The molecule has 1 aliphatic heterocycles. The van der Waals surface area contributed by atoms with Gasteiger partial charge in [0, 0.05) is 17.7 Å². The van der Waals surface area contributed by atoms with Crippen molar-refractivity contribution in [2.45, 2.75) is 19.8 Å². The van der Waals surface area contributed by atoms with E-state index >= 15 is 0 Å². The first kappa shape index (κ1) is 11.6. The molecule has 5 heteroatoms. The van der Waals surface area contributed by atoms with Crippen LogP contribution in [0.3, 0.4) is 0 Å². The van der Waals surface area contributed by atoms with Crippen LogP contribution in [0.1, 0.15) is 29.3 Å². The van der Waals surface area contributed by atoms with Gasteiger partial charge in [0.1, 0.15) is 0 Å². The number of aromatic nitrogens is 1. The Labute approximate surface area is 109 Å². The molecule has 0 unspecified atom stereocenters. The smallest absolute Gasteiger partial charge is 0.224 e. The van der Waals surface area contributed by atoms with Gasteiger partial charge < -0.3 is 9.84 Å². The molecule has 0 radical (unpaired) electrons. The number of fused-ring (bicyclic) bond motifs is 1. The number of nitrogens with zero attached hydrogens (tertiary/aromatic N) is 1. The van der Waals surface area contributed by atoms with Crippen molar-refractivity contribution in [2.24, 2.45) is 0 Å². The Bertz CT molecular complexity index is 673. The van der Waals surface area contributed by atoms with E-state index in [4.69, 9.17) is 4.52 Å². The Morgan fingerprint density at radius 3 is 3.00 bits per heavy atom. The fraction of sp³-hybridized carbons (Fsp3) is 0.214. The molecule has 19 heavy (non-hydrogen) atoms. The number of benzene rings is 1. The van der Waals surface area contributed by atoms with Crippen LogP contribution in [0.4, 0.5) is 5.69 Å². The number of carbonyl (C=O) groups is 2. The third-order valence-corrected chi connectivity index (χ3v) is 3.21. The minimum Gasteiger partial charge on any atom is -0.356 e. The van der Waals surface area contributed by atoms with E-state index in [-0.39, 0.29) is 11.7 Å². The normalized spacial score (nSPS) is 13.8. The van der Waals surface area contributed by atoms with E-state index in [0.29, 0.717) is 24.2 Å². The van der Waals surface area contributed by atoms with Crippen molar-refractivity contribution >= 4 is 17.4 Å². The maximum absolute atomic E-state index is 11.5.